The van der Waals surface area contributed by atoms with Gasteiger partial charge in [0.25, 0.3) is 0 Å². The molecule has 4 rings (SSSR count). The van der Waals surface area contributed by atoms with E-state index in [2.05, 4.69) is 17.1 Å². The van der Waals surface area contributed by atoms with Crippen molar-refractivity contribution in [3.63, 3.8) is 0 Å². The smallest absolute Gasteiger partial charge is 0.306 e. The lowest BCUT2D eigenvalue weighted by Gasteiger charge is -2.18. The number of nitrogens with zero attached hydrogens (tertiary/aromatic N) is 1. The first-order valence-electron chi connectivity index (χ1n) is 10.8. The van der Waals surface area contributed by atoms with Gasteiger partial charge in [-0.3, -0.25) is 4.79 Å². The first-order valence-corrected chi connectivity index (χ1v) is 10.8. The van der Waals surface area contributed by atoms with Gasteiger partial charge in [0.05, 0.1) is 19.6 Å². The second kappa shape index (κ2) is 9.83. The number of hydrogen-bond acceptors (Lipinski definition) is 5. The van der Waals surface area contributed by atoms with Crippen LogP contribution in [-0.4, -0.2) is 29.8 Å². The third-order valence-corrected chi connectivity index (χ3v) is 5.73. The number of aliphatic carboxylic acids is 1. The Labute approximate surface area is 187 Å². The van der Waals surface area contributed by atoms with Crippen molar-refractivity contribution < 1.29 is 24.1 Å². The van der Waals surface area contributed by atoms with E-state index in [1.165, 1.54) is 11.1 Å². The van der Waals surface area contributed by atoms with Crippen molar-refractivity contribution in [1.29, 1.82) is 0 Å². The molecule has 0 fully saturated rings. The van der Waals surface area contributed by atoms with Crippen LogP contribution in [-0.2, 0) is 16.0 Å². The van der Waals surface area contributed by atoms with Crippen LogP contribution in [0.1, 0.15) is 48.7 Å². The minimum Gasteiger partial charge on any atom is -0.486 e. The molecule has 1 aromatic heterocycles. The Hall–Kier alpha value is -3.38. The third-order valence-electron chi connectivity index (χ3n) is 5.73. The summed E-state index contributed by atoms with van der Waals surface area (Å²) in [5.41, 5.74) is 5.38. The van der Waals surface area contributed by atoms with E-state index in [1.54, 1.807) is 13.3 Å². The summed E-state index contributed by atoms with van der Waals surface area (Å²) in [6, 6.07) is 17.7. The number of carboxylic acid groups (broad SMARTS) is 1. The van der Waals surface area contributed by atoms with E-state index in [0.717, 1.165) is 35.3 Å². The molecule has 0 spiro atoms. The monoisotopic (exact) mass is 433 g/mol. The standard InChI is InChI=1S/C26H27NO5/c1-3-31-24(16-25(28)29)17-9-11-18(12-10-17)32-23-14-13-20-19(6-4-7-21(20)23)22-8-5-15-27-26(22)30-2/h4-12,15,23-24H,3,13-14,16H2,1-2H3,(H,28,29)/t23-,24+/m1/s1. The van der Waals surface area contributed by atoms with Gasteiger partial charge in [0.2, 0.25) is 5.88 Å². The van der Waals surface area contributed by atoms with Gasteiger partial charge >= 0.3 is 5.97 Å². The van der Waals surface area contributed by atoms with Crippen LogP contribution < -0.4 is 9.47 Å². The number of ether oxygens (including phenoxy) is 3. The molecule has 6 nitrogen and oxygen atoms in total. The van der Waals surface area contributed by atoms with Crippen LogP contribution >= 0.6 is 0 Å². The number of carbonyl (C=O) groups is 1. The average Bonchev–Trinajstić information content (AvgIpc) is 3.22. The molecule has 1 aliphatic carbocycles. The largest absolute Gasteiger partial charge is 0.486 e. The Bertz CT molecular complexity index is 1080. The summed E-state index contributed by atoms with van der Waals surface area (Å²) < 4.78 is 17.4. The average molecular weight is 434 g/mol. The summed E-state index contributed by atoms with van der Waals surface area (Å²) in [7, 11) is 1.64. The van der Waals surface area contributed by atoms with Gasteiger partial charge in [-0.2, -0.15) is 0 Å². The van der Waals surface area contributed by atoms with Crippen molar-refractivity contribution in [2.75, 3.05) is 13.7 Å². The van der Waals surface area contributed by atoms with E-state index in [0.29, 0.717) is 12.5 Å². The summed E-state index contributed by atoms with van der Waals surface area (Å²) in [6.45, 7) is 2.32. The zero-order chi connectivity index (χ0) is 22.5. The van der Waals surface area contributed by atoms with Gasteiger partial charge in [-0.15, -0.1) is 0 Å². The van der Waals surface area contributed by atoms with Crippen molar-refractivity contribution in [3.8, 4) is 22.8 Å². The molecule has 0 saturated heterocycles. The van der Waals surface area contributed by atoms with Crippen molar-refractivity contribution in [2.24, 2.45) is 0 Å². The normalized spacial score (nSPS) is 15.8. The second-order valence-corrected chi connectivity index (χ2v) is 7.69. The number of carboxylic acids is 1. The van der Waals surface area contributed by atoms with Crippen LogP contribution in [0.15, 0.2) is 60.8 Å². The van der Waals surface area contributed by atoms with E-state index in [-0.39, 0.29) is 12.5 Å². The summed E-state index contributed by atoms with van der Waals surface area (Å²) >= 11 is 0. The van der Waals surface area contributed by atoms with E-state index in [4.69, 9.17) is 19.3 Å². The minimum absolute atomic E-state index is 0.0415. The molecule has 32 heavy (non-hydrogen) atoms. The molecule has 1 aliphatic rings. The highest BCUT2D eigenvalue weighted by Gasteiger charge is 2.27. The fourth-order valence-electron chi connectivity index (χ4n) is 4.31. The highest BCUT2D eigenvalue weighted by Crippen LogP contribution is 2.41. The van der Waals surface area contributed by atoms with Gasteiger partial charge in [-0.1, -0.05) is 30.3 Å². The van der Waals surface area contributed by atoms with E-state index in [9.17, 15) is 4.79 Å². The Balaban J connectivity index is 1.54. The van der Waals surface area contributed by atoms with Gasteiger partial charge in [-0.05, 0) is 66.3 Å². The maximum absolute atomic E-state index is 11.1. The van der Waals surface area contributed by atoms with E-state index < -0.39 is 12.1 Å². The summed E-state index contributed by atoms with van der Waals surface area (Å²) in [6.07, 6.45) is 2.96. The number of fused-ring (bicyclic) bond motifs is 1. The number of benzene rings is 2. The molecule has 2 atom stereocenters. The number of pyridine rings is 1. The Morgan fingerprint density at radius 2 is 1.91 bits per heavy atom. The Morgan fingerprint density at radius 3 is 2.62 bits per heavy atom. The predicted molar refractivity (Wildman–Crippen MR) is 121 cm³/mol. The molecule has 0 aliphatic heterocycles. The van der Waals surface area contributed by atoms with Crippen LogP contribution in [0.25, 0.3) is 11.1 Å². The molecular weight excluding hydrogens is 406 g/mol. The third kappa shape index (κ3) is 4.60. The topological polar surface area (TPSA) is 77.9 Å². The first kappa shape index (κ1) is 21.8. The van der Waals surface area contributed by atoms with Crippen LogP contribution in [0, 0.1) is 0 Å². The molecular formula is C26H27NO5. The lowest BCUT2D eigenvalue weighted by atomic mass is 9.97. The highest BCUT2D eigenvalue weighted by atomic mass is 16.5. The van der Waals surface area contributed by atoms with Crippen LogP contribution in [0.4, 0.5) is 0 Å². The summed E-state index contributed by atoms with van der Waals surface area (Å²) in [5.74, 6) is 0.486. The van der Waals surface area contributed by atoms with Crippen LogP contribution in [0.5, 0.6) is 11.6 Å². The minimum atomic E-state index is -0.882. The quantitative estimate of drug-likeness (QED) is 0.488. The molecule has 3 aromatic rings. The maximum atomic E-state index is 11.1. The molecule has 166 valence electrons. The van der Waals surface area contributed by atoms with Gasteiger partial charge in [-0.25, -0.2) is 4.98 Å². The van der Waals surface area contributed by atoms with Gasteiger partial charge in [0.1, 0.15) is 11.9 Å². The molecule has 0 radical (unpaired) electrons. The zero-order valence-electron chi connectivity index (χ0n) is 18.3. The van der Waals surface area contributed by atoms with Crippen molar-refractivity contribution >= 4 is 5.97 Å². The van der Waals surface area contributed by atoms with Crippen LogP contribution in [0.2, 0.25) is 0 Å². The first-order chi connectivity index (χ1) is 15.6. The van der Waals surface area contributed by atoms with E-state index >= 15 is 0 Å². The highest BCUT2D eigenvalue weighted by molar-refractivity contribution is 5.73. The number of aromatic nitrogens is 1. The second-order valence-electron chi connectivity index (χ2n) is 7.69. The molecule has 2 aromatic carbocycles. The molecule has 6 heteroatoms. The van der Waals surface area contributed by atoms with E-state index in [1.807, 2.05) is 49.4 Å². The molecule has 0 amide bonds. The molecule has 0 bridgehead atoms. The fraction of sp³-hybridized carbons (Fsp3) is 0.308. The summed E-state index contributed by atoms with van der Waals surface area (Å²) in [4.78, 5) is 15.5. The maximum Gasteiger partial charge on any atom is 0.306 e. The Morgan fingerprint density at radius 1 is 1.12 bits per heavy atom. The number of hydrogen-bond donors (Lipinski definition) is 1. The van der Waals surface area contributed by atoms with Gasteiger partial charge < -0.3 is 19.3 Å². The van der Waals surface area contributed by atoms with Crippen LogP contribution in [0.3, 0.4) is 0 Å². The van der Waals surface area contributed by atoms with Crippen molar-refractivity contribution in [1.82, 2.24) is 4.98 Å². The Kier molecular flexibility index (Phi) is 6.71. The fourth-order valence-corrected chi connectivity index (χ4v) is 4.31. The lowest BCUT2D eigenvalue weighted by molar-refractivity contribution is -0.140. The summed E-state index contributed by atoms with van der Waals surface area (Å²) in [5, 5.41) is 9.13. The molecule has 0 saturated carbocycles. The zero-order valence-corrected chi connectivity index (χ0v) is 18.3. The SMILES string of the molecule is CCO[C@@H](CC(=O)O)c1ccc(O[C@@H]2CCc3c(-c4cccnc4OC)cccc32)cc1. The number of rotatable bonds is 9. The van der Waals surface area contributed by atoms with Gasteiger partial charge in [0.15, 0.2) is 0 Å². The van der Waals surface area contributed by atoms with Gasteiger partial charge in [0, 0.05) is 18.4 Å². The van der Waals surface area contributed by atoms with Crippen molar-refractivity contribution in [2.45, 2.75) is 38.4 Å². The molecule has 1 heterocycles. The number of methoxy groups -OCH3 is 1. The van der Waals surface area contributed by atoms with Crippen molar-refractivity contribution in [3.05, 3.63) is 77.5 Å². The predicted octanol–water partition coefficient (Wildman–Crippen LogP) is 5.38. The molecule has 0 unspecified atom stereocenters. The molecule has 1 N–H and O–H groups in total. The lowest BCUT2D eigenvalue weighted by Crippen LogP contribution is -2.10.